The number of amides is 1. The van der Waals surface area contributed by atoms with Gasteiger partial charge in [0.15, 0.2) is 0 Å². The van der Waals surface area contributed by atoms with Gasteiger partial charge in [-0.2, -0.15) is 0 Å². The summed E-state index contributed by atoms with van der Waals surface area (Å²) < 4.78 is 31.6. The first-order valence-corrected chi connectivity index (χ1v) is 16.3. The summed E-state index contributed by atoms with van der Waals surface area (Å²) in [5.74, 6) is 0.480. The van der Waals surface area contributed by atoms with Crippen molar-refractivity contribution in [3.05, 3.63) is 108 Å². The molecule has 0 radical (unpaired) electrons. The molecule has 2 heterocycles. The van der Waals surface area contributed by atoms with Crippen molar-refractivity contribution in [2.75, 3.05) is 23.9 Å². The number of aromatic nitrogens is 1. The lowest BCUT2D eigenvalue weighted by Gasteiger charge is -2.31. The summed E-state index contributed by atoms with van der Waals surface area (Å²) in [6, 6.07) is 29.5. The number of carbonyl (C=O) groups excluding carboxylic acids is 1. The second-order valence-electron chi connectivity index (χ2n) is 11.7. The largest absolute Gasteiger partial charge is 0.389 e. The fraction of sp³-hybridized carbons (Fsp3) is 0.286. The van der Waals surface area contributed by atoms with E-state index in [-0.39, 0.29) is 23.9 Å². The zero-order chi connectivity index (χ0) is 30.1. The number of aliphatic hydroxyl groups is 1. The predicted octanol–water partition coefficient (Wildman–Crippen LogP) is 6.23. The first kappa shape index (κ1) is 29.0. The fourth-order valence-electron chi connectivity index (χ4n) is 6.03. The van der Waals surface area contributed by atoms with Gasteiger partial charge in [0.2, 0.25) is 0 Å². The monoisotopic (exact) mass is 595 g/mol. The van der Waals surface area contributed by atoms with Crippen LogP contribution in [0.15, 0.2) is 102 Å². The van der Waals surface area contributed by atoms with E-state index in [1.807, 2.05) is 52.8 Å². The molecule has 4 aromatic carbocycles. The third-order valence-corrected chi connectivity index (χ3v) is 10.3. The molecule has 1 saturated heterocycles. The van der Waals surface area contributed by atoms with Crippen LogP contribution in [0.5, 0.6) is 0 Å². The zero-order valence-corrected chi connectivity index (χ0v) is 25.4. The molecule has 1 aliphatic heterocycles. The van der Waals surface area contributed by atoms with Crippen LogP contribution >= 0.6 is 0 Å². The number of carbonyl (C=O) groups is 1. The van der Waals surface area contributed by atoms with Crippen LogP contribution in [0.4, 0.5) is 5.69 Å². The molecule has 1 atom stereocenters. The number of rotatable bonds is 8. The van der Waals surface area contributed by atoms with Gasteiger partial charge in [-0.3, -0.25) is 9.10 Å². The van der Waals surface area contributed by atoms with E-state index >= 15 is 0 Å². The molecular formula is C35H37N3O4S. The van der Waals surface area contributed by atoms with Crippen LogP contribution in [0.2, 0.25) is 0 Å². The lowest BCUT2D eigenvalue weighted by Crippen LogP contribution is -2.40. The molecule has 1 N–H and O–H groups in total. The molecule has 1 aromatic heterocycles. The maximum atomic E-state index is 14.1. The molecule has 6 rings (SSSR count). The maximum absolute atomic E-state index is 14.1. The number of hydrogen-bond donors (Lipinski definition) is 1. The van der Waals surface area contributed by atoms with Gasteiger partial charge in [-0.15, -0.1) is 0 Å². The highest BCUT2D eigenvalue weighted by molar-refractivity contribution is 7.92. The molecule has 8 heteroatoms. The van der Waals surface area contributed by atoms with Crippen LogP contribution in [-0.4, -0.2) is 54.6 Å². The summed E-state index contributed by atoms with van der Waals surface area (Å²) in [6.45, 7) is 5.48. The van der Waals surface area contributed by atoms with Crippen molar-refractivity contribution in [1.82, 2.24) is 9.47 Å². The van der Waals surface area contributed by atoms with Gasteiger partial charge in [0.05, 0.1) is 29.8 Å². The average molecular weight is 596 g/mol. The van der Waals surface area contributed by atoms with Gasteiger partial charge in [-0.1, -0.05) is 67.1 Å². The number of aliphatic hydroxyl groups excluding tert-OH is 1. The van der Waals surface area contributed by atoms with Crippen LogP contribution in [0.3, 0.4) is 0 Å². The number of piperidine rings is 1. The first-order valence-electron chi connectivity index (χ1n) is 14.8. The molecule has 1 unspecified atom stereocenters. The summed E-state index contributed by atoms with van der Waals surface area (Å²) in [5.41, 5.74) is 3.67. The van der Waals surface area contributed by atoms with E-state index < -0.39 is 16.1 Å². The van der Waals surface area contributed by atoms with Crippen LogP contribution in [0.1, 0.15) is 35.7 Å². The second kappa shape index (κ2) is 11.9. The minimum Gasteiger partial charge on any atom is -0.389 e. The van der Waals surface area contributed by atoms with Crippen LogP contribution in [0.25, 0.3) is 21.8 Å². The highest BCUT2D eigenvalue weighted by atomic mass is 32.2. The van der Waals surface area contributed by atoms with Crippen molar-refractivity contribution in [3.63, 3.8) is 0 Å². The third-order valence-electron chi connectivity index (χ3n) is 8.51. The molecule has 222 valence electrons. The second-order valence-corrected chi connectivity index (χ2v) is 13.5. The van der Waals surface area contributed by atoms with E-state index in [1.165, 1.54) is 4.31 Å². The maximum Gasteiger partial charge on any atom is 0.264 e. The topological polar surface area (TPSA) is 82.8 Å². The van der Waals surface area contributed by atoms with E-state index in [9.17, 15) is 18.3 Å². The number of fused-ring (bicyclic) bond motifs is 3. The molecule has 0 bridgehead atoms. The van der Waals surface area contributed by atoms with Crippen molar-refractivity contribution in [1.29, 1.82) is 0 Å². The molecular weight excluding hydrogens is 558 g/mol. The van der Waals surface area contributed by atoms with Gasteiger partial charge in [-0.05, 0) is 68.1 Å². The van der Waals surface area contributed by atoms with Gasteiger partial charge >= 0.3 is 0 Å². The number of benzene rings is 4. The quantitative estimate of drug-likeness (QED) is 0.231. The van der Waals surface area contributed by atoms with Crippen LogP contribution in [-0.2, 0) is 16.6 Å². The van der Waals surface area contributed by atoms with Crippen molar-refractivity contribution in [2.24, 2.45) is 5.92 Å². The Morgan fingerprint density at radius 3 is 2.12 bits per heavy atom. The smallest absolute Gasteiger partial charge is 0.264 e. The highest BCUT2D eigenvalue weighted by Crippen LogP contribution is 2.30. The van der Waals surface area contributed by atoms with Crippen molar-refractivity contribution >= 4 is 43.4 Å². The van der Waals surface area contributed by atoms with E-state index in [1.54, 1.807) is 48.5 Å². The van der Waals surface area contributed by atoms with Gasteiger partial charge < -0.3 is 14.6 Å². The van der Waals surface area contributed by atoms with Crippen LogP contribution in [0, 0.1) is 12.8 Å². The number of anilines is 1. The number of nitrogens with zero attached hydrogens (tertiary/aromatic N) is 3. The lowest BCUT2D eigenvalue weighted by atomic mass is 9.98. The summed E-state index contributed by atoms with van der Waals surface area (Å²) in [6.07, 6.45) is 0.866. The van der Waals surface area contributed by atoms with Gasteiger partial charge in [0.25, 0.3) is 15.9 Å². The molecule has 0 saturated carbocycles. The van der Waals surface area contributed by atoms with E-state index in [0.717, 1.165) is 40.2 Å². The lowest BCUT2D eigenvalue weighted by molar-refractivity contribution is 0.0697. The molecule has 7 nitrogen and oxygen atoms in total. The van der Waals surface area contributed by atoms with Crippen LogP contribution < -0.4 is 4.31 Å². The molecule has 1 amide bonds. The Balaban J connectivity index is 1.36. The Bertz CT molecular complexity index is 1820. The highest BCUT2D eigenvalue weighted by Gasteiger charge is 2.29. The SMILES string of the molecule is Cc1ccc(S(=O)(=O)N(CC(O)Cn2c3ccccc3c3ccccc32)c2cccc(C(=O)N3CCC(C)CC3)c2)cc1. The minimum absolute atomic E-state index is 0.104. The Labute approximate surface area is 253 Å². The fourth-order valence-corrected chi connectivity index (χ4v) is 7.52. The van der Waals surface area contributed by atoms with E-state index in [4.69, 9.17) is 0 Å². The zero-order valence-electron chi connectivity index (χ0n) is 24.6. The Morgan fingerprint density at radius 1 is 0.884 bits per heavy atom. The molecule has 5 aromatic rings. The minimum atomic E-state index is -4.07. The van der Waals surface area contributed by atoms with Gasteiger partial charge in [-0.25, -0.2) is 8.42 Å². The van der Waals surface area contributed by atoms with Crippen molar-refractivity contribution in [2.45, 2.75) is 44.2 Å². The first-order chi connectivity index (χ1) is 20.7. The summed E-state index contributed by atoms with van der Waals surface area (Å²) >= 11 is 0. The molecule has 1 aliphatic rings. The number of hydrogen-bond acceptors (Lipinski definition) is 4. The molecule has 43 heavy (non-hydrogen) atoms. The van der Waals surface area contributed by atoms with Crippen molar-refractivity contribution in [3.8, 4) is 0 Å². The number of para-hydroxylation sites is 2. The summed E-state index contributed by atoms with van der Waals surface area (Å²) in [4.78, 5) is 15.4. The molecule has 1 fully saturated rings. The Hall–Kier alpha value is -4.14. The molecule has 0 aliphatic carbocycles. The van der Waals surface area contributed by atoms with E-state index in [0.29, 0.717) is 30.3 Å². The number of aryl methyl sites for hydroxylation is 1. The Kier molecular flexibility index (Phi) is 7.99. The normalized spacial score (nSPS) is 15.2. The van der Waals surface area contributed by atoms with Gasteiger partial charge in [0.1, 0.15) is 0 Å². The summed E-state index contributed by atoms with van der Waals surface area (Å²) in [5, 5.41) is 13.7. The molecule has 0 spiro atoms. The predicted molar refractivity (Wildman–Crippen MR) is 172 cm³/mol. The third kappa shape index (κ3) is 5.77. The van der Waals surface area contributed by atoms with Crippen molar-refractivity contribution < 1.29 is 18.3 Å². The number of likely N-dealkylation sites (tertiary alicyclic amines) is 1. The average Bonchev–Trinajstić information content (AvgIpc) is 3.33. The standard InChI is InChI=1S/C35H37N3O4S/c1-25-14-16-30(17-15-25)43(41,42)38(28-9-7-8-27(22-28)35(40)36-20-18-26(2)19-21-36)24-29(39)23-37-33-12-5-3-10-31(33)32-11-4-6-13-34(32)37/h3-17,22,26,29,39H,18-21,23-24H2,1-2H3. The summed E-state index contributed by atoms with van der Waals surface area (Å²) in [7, 11) is -4.07. The Morgan fingerprint density at radius 2 is 1.49 bits per heavy atom. The number of sulfonamides is 1. The van der Waals surface area contributed by atoms with E-state index in [2.05, 4.69) is 19.1 Å². The van der Waals surface area contributed by atoms with Gasteiger partial charge in [0, 0.05) is 40.5 Å².